The minimum absolute atomic E-state index is 0.875. The quantitative estimate of drug-likeness (QED) is 0.0801. The standard InChI is InChI=1S/C35H72O/c1-3-5-6-7-8-9-10-11-12-13-14-15-16-17-18-19-20-21-22-23-24-25-26-27-28-29-30-31-32-33-34-35-36-4-2/h3-35H2,1-2H3. The predicted molar refractivity (Wildman–Crippen MR) is 165 cm³/mol. The van der Waals surface area contributed by atoms with Crippen molar-refractivity contribution in [2.45, 2.75) is 213 Å². The SMILES string of the molecule is CCCCCCCCCCCCCCCCCCCCCCCCCCCCCCCCCOCC. The molecule has 0 N–H and O–H groups in total. The van der Waals surface area contributed by atoms with E-state index in [4.69, 9.17) is 4.74 Å². The largest absolute Gasteiger partial charge is 0.382 e. The maximum atomic E-state index is 5.40. The second kappa shape index (κ2) is 35.0. The lowest BCUT2D eigenvalue weighted by atomic mass is 10.0. The van der Waals surface area contributed by atoms with Crippen molar-refractivity contribution in [3.63, 3.8) is 0 Å². The van der Waals surface area contributed by atoms with Crippen LogP contribution in [0.2, 0.25) is 0 Å². The summed E-state index contributed by atoms with van der Waals surface area (Å²) < 4.78 is 5.40. The van der Waals surface area contributed by atoms with E-state index in [1.165, 1.54) is 199 Å². The van der Waals surface area contributed by atoms with Crippen LogP contribution in [-0.4, -0.2) is 13.2 Å². The van der Waals surface area contributed by atoms with E-state index in [9.17, 15) is 0 Å². The van der Waals surface area contributed by atoms with Gasteiger partial charge in [0.25, 0.3) is 0 Å². The monoisotopic (exact) mass is 509 g/mol. The molecule has 0 spiro atoms. The average molecular weight is 509 g/mol. The van der Waals surface area contributed by atoms with E-state index in [-0.39, 0.29) is 0 Å². The molecule has 0 aliphatic carbocycles. The zero-order valence-corrected chi connectivity index (χ0v) is 25.7. The van der Waals surface area contributed by atoms with E-state index in [0.29, 0.717) is 0 Å². The molecule has 218 valence electrons. The minimum atomic E-state index is 0.875. The van der Waals surface area contributed by atoms with Crippen LogP contribution < -0.4 is 0 Å². The zero-order valence-electron chi connectivity index (χ0n) is 25.7. The van der Waals surface area contributed by atoms with Crippen LogP contribution in [0.15, 0.2) is 0 Å². The summed E-state index contributed by atoms with van der Waals surface area (Å²) in [6.07, 6.45) is 45.4. The molecule has 0 heterocycles. The van der Waals surface area contributed by atoms with Gasteiger partial charge in [-0.05, 0) is 13.3 Å². The van der Waals surface area contributed by atoms with E-state index >= 15 is 0 Å². The van der Waals surface area contributed by atoms with Crippen molar-refractivity contribution in [2.75, 3.05) is 13.2 Å². The van der Waals surface area contributed by atoms with Crippen LogP contribution in [-0.2, 0) is 4.74 Å². The zero-order chi connectivity index (χ0) is 26.0. The highest BCUT2D eigenvalue weighted by Gasteiger charge is 1.97. The van der Waals surface area contributed by atoms with Crippen molar-refractivity contribution >= 4 is 0 Å². The van der Waals surface area contributed by atoms with E-state index < -0.39 is 0 Å². The van der Waals surface area contributed by atoms with E-state index in [0.717, 1.165) is 13.2 Å². The fourth-order valence-corrected chi connectivity index (χ4v) is 5.55. The molecule has 0 aliphatic rings. The number of hydrogen-bond acceptors (Lipinski definition) is 1. The maximum Gasteiger partial charge on any atom is 0.0465 e. The Morgan fingerprint density at radius 1 is 0.250 bits per heavy atom. The molecule has 0 radical (unpaired) electrons. The summed E-state index contributed by atoms with van der Waals surface area (Å²) >= 11 is 0. The molecule has 0 aromatic heterocycles. The van der Waals surface area contributed by atoms with Crippen LogP contribution in [0, 0.1) is 0 Å². The Balaban J connectivity index is 3.00. The fourth-order valence-electron chi connectivity index (χ4n) is 5.55. The molecule has 0 saturated heterocycles. The molecule has 1 nitrogen and oxygen atoms in total. The van der Waals surface area contributed by atoms with Gasteiger partial charge in [0.1, 0.15) is 0 Å². The molecule has 36 heavy (non-hydrogen) atoms. The Bertz CT molecular complexity index is 319. The molecular formula is C35H72O. The summed E-state index contributed by atoms with van der Waals surface area (Å²) in [4.78, 5) is 0. The van der Waals surface area contributed by atoms with Crippen molar-refractivity contribution in [3.05, 3.63) is 0 Å². The molecule has 0 saturated carbocycles. The first-order chi connectivity index (χ1) is 17.9. The van der Waals surface area contributed by atoms with Crippen LogP contribution >= 0.6 is 0 Å². The smallest absolute Gasteiger partial charge is 0.0465 e. The van der Waals surface area contributed by atoms with Crippen molar-refractivity contribution in [1.82, 2.24) is 0 Å². The molecule has 0 atom stereocenters. The van der Waals surface area contributed by atoms with Crippen molar-refractivity contribution < 1.29 is 4.74 Å². The van der Waals surface area contributed by atoms with Crippen molar-refractivity contribution in [2.24, 2.45) is 0 Å². The molecule has 0 aliphatic heterocycles. The Morgan fingerprint density at radius 2 is 0.444 bits per heavy atom. The Labute approximate surface area is 230 Å². The third-order valence-electron chi connectivity index (χ3n) is 8.10. The van der Waals surface area contributed by atoms with Gasteiger partial charge in [-0.3, -0.25) is 0 Å². The summed E-state index contributed by atoms with van der Waals surface area (Å²) in [5, 5.41) is 0. The number of hydrogen-bond donors (Lipinski definition) is 0. The highest BCUT2D eigenvalue weighted by atomic mass is 16.5. The molecule has 0 aromatic carbocycles. The molecular weight excluding hydrogens is 436 g/mol. The molecule has 0 amide bonds. The number of rotatable bonds is 33. The summed E-state index contributed by atoms with van der Waals surface area (Å²) in [7, 11) is 0. The maximum absolute atomic E-state index is 5.40. The van der Waals surface area contributed by atoms with Gasteiger partial charge in [-0.1, -0.05) is 200 Å². The molecule has 0 rings (SSSR count). The molecule has 1 heteroatoms. The summed E-state index contributed by atoms with van der Waals surface area (Å²) in [6, 6.07) is 0. The Morgan fingerprint density at radius 3 is 0.639 bits per heavy atom. The third kappa shape index (κ3) is 34.0. The van der Waals surface area contributed by atoms with Crippen LogP contribution in [0.4, 0.5) is 0 Å². The Kier molecular flexibility index (Phi) is 34.9. The van der Waals surface area contributed by atoms with E-state index in [2.05, 4.69) is 13.8 Å². The van der Waals surface area contributed by atoms with Gasteiger partial charge in [0.15, 0.2) is 0 Å². The molecule has 0 bridgehead atoms. The van der Waals surface area contributed by atoms with Crippen LogP contribution in [0.1, 0.15) is 213 Å². The van der Waals surface area contributed by atoms with Gasteiger partial charge in [0.2, 0.25) is 0 Å². The summed E-state index contributed by atoms with van der Waals surface area (Å²) in [5.41, 5.74) is 0. The first kappa shape index (κ1) is 36.0. The highest BCUT2D eigenvalue weighted by molar-refractivity contribution is 4.52. The lowest BCUT2D eigenvalue weighted by molar-refractivity contribution is 0.143. The lowest BCUT2D eigenvalue weighted by Crippen LogP contribution is -1.92. The van der Waals surface area contributed by atoms with Gasteiger partial charge in [0.05, 0.1) is 0 Å². The molecule has 0 unspecified atom stereocenters. The van der Waals surface area contributed by atoms with Gasteiger partial charge in [-0.15, -0.1) is 0 Å². The highest BCUT2D eigenvalue weighted by Crippen LogP contribution is 2.16. The van der Waals surface area contributed by atoms with Gasteiger partial charge in [-0.2, -0.15) is 0 Å². The number of ether oxygens (including phenoxy) is 1. The first-order valence-electron chi connectivity index (χ1n) is 17.5. The molecule has 0 aromatic rings. The molecule has 0 fully saturated rings. The number of unbranched alkanes of at least 4 members (excludes halogenated alkanes) is 30. The van der Waals surface area contributed by atoms with Crippen molar-refractivity contribution in [3.8, 4) is 0 Å². The fraction of sp³-hybridized carbons (Fsp3) is 1.00. The van der Waals surface area contributed by atoms with Gasteiger partial charge >= 0.3 is 0 Å². The van der Waals surface area contributed by atoms with Crippen LogP contribution in [0.25, 0.3) is 0 Å². The second-order valence-corrected chi connectivity index (χ2v) is 11.8. The normalized spacial score (nSPS) is 11.5. The first-order valence-corrected chi connectivity index (χ1v) is 17.5. The third-order valence-corrected chi connectivity index (χ3v) is 8.10. The average Bonchev–Trinajstić information content (AvgIpc) is 2.89. The topological polar surface area (TPSA) is 9.23 Å². The van der Waals surface area contributed by atoms with E-state index in [1.54, 1.807) is 0 Å². The second-order valence-electron chi connectivity index (χ2n) is 11.8. The predicted octanol–water partition coefficient (Wildman–Crippen LogP) is 13.1. The Hall–Kier alpha value is -0.0400. The van der Waals surface area contributed by atoms with Gasteiger partial charge in [-0.25, -0.2) is 0 Å². The van der Waals surface area contributed by atoms with Crippen LogP contribution in [0.5, 0.6) is 0 Å². The lowest BCUT2D eigenvalue weighted by Gasteiger charge is -2.05. The van der Waals surface area contributed by atoms with Crippen LogP contribution in [0.3, 0.4) is 0 Å². The van der Waals surface area contributed by atoms with Crippen molar-refractivity contribution in [1.29, 1.82) is 0 Å². The van der Waals surface area contributed by atoms with E-state index in [1.807, 2.05) is 0 Å². The van der Waals surface area contributed by atoms with Gasteiger partial charge in [0, 0.05) is 13.2 Å². The summed E-state index contributed by atoms with van der Waals surface area (Å²) in [6.45, 7) is 6.24. The minimum Gasteiger partial charge on any atom is -0.382 e. The summed E-state index contributed by atoms with van der Waals surface area (Å²) in [5.74, 6) is 0. The van der Waals surface area contributed by atoms with Gasteiger partial charge < -0.3 is 4.74 Å².